The van der Waals surface area contributed by atoms with E-state index in [1.165, 1.54) is 25.7 Å². The lowest BCUT2D eigenvalue weighted by molar-refractivity contribution is -0.00861. The van der Waals surface area contributed by atoms with Gasteiger partial charge in [0, 0.05) is 29.7 Å². The van der Waals surface area contributed by atoms with Gasteiger partial charge < -0.3 is 15.4 Å². The largest absolute Gasteiger partial charge is 0.397 e. The molecule has 4 rings (SSSR count). The van der Waals surface area contributed by atoms with E-state index in [4.69, 9.17) is 10.5 Å². The van der Waals surface area contributed by atoms with E-state index in [2.05, 4.69) is 22.0 Å². The van der Waals surface area contributed by atoms with Crippen LogP contribution in [0.15, 0.2) is 30.6 Å². The Labute approximate surface area is 124 Å². The van der Waals surface area contributed by atoms with Gasteiger partial charge in [0.1, 0.15) is 0 Å². The number of benzene rings is 1. The Kier molecular flexibility index (Phi) is 3.19. The summed E-state index contributed by atoms with van der Waals surface area (Å²) in [5.74, 6) is 0. The summed E-state index contributed by atoms with van der Waals surface area (Å²) >= 11 is 0. The zero-order valence-electron chi connectivity index (χ0n) is 12.2. The molecule has 4 nitrogen and oxygen atoms in total. The maximum absolute atomic E-state index is 6.46. The summed E-state index contributed by atoms with van der Waals surface area (Å²) in [7, 11) is 0. The molecule has 4 heteroatoms. The molecule has 21 heavy (non-hydrogen) atoms. The molecular formula is C17H21N3O. The highest BCUT2D eigenvalue weighted by molar-refractivity contribution is 5.98. The van der Waals surface area contributed by atoms with Gasteiger partial charge in [-0.2, -0.15) is 0 Å². The van der Waals surface area contributed by atoms with Crippen molar-refractivity contribution in [3.63, 3.8) is 0 Å². The van der Waals surface area contributed by atoms with Crippen molar-refractivity contribution in [2.24, 2.45) is 0 Å². The molecule has 2 atom stereocenters. The minimum absolute atomic E-state index is 0.375. The number of pyridine rings is 1. The van der Waals surface area contributed by atoms with Crippen LogP contribution < -0.4 is 10.6 Å². The molecule has 1 saturated carbocycles. The van der Waals surface area contributed by atoms with Crippen LogP contribution in [0.5, 0.6) is 0 Å². The number of anilines is 2. The Balaban J connectivity index is 1.76. The number of aromatic nitrogens is 1. The number of fused-ring (bicyclic) bond motifs is 2. The second-order valence-corrected chi connectivity index (χ2v) is 6.05. The summed E-state index contributed by atoms with van der Waals surface area (Å²) in [6.45, 7) is 1.73. The van der Waals surface area contributed by atoms with Crippen LogP contribution in [-0.4, -0.2) is 30.3 Å². The molecule has 0 radical (unpaired) electrons. The molecular weight excluding hydrogens is 262 g/mol. The summed E-state index contributed by atoms with van der Waals surface area (Å²) in [6.07, 6.45) is 9.02. The summed E-state index contributed by atoms with van der Waals surface area (Å²) in [4.78, 5) is 6.65. The molecule has 2 aliphatic rings. The number of ether oxygens (including phenoxy) is 1. The number of rotatable bonds is 1. The Morgan fingerprint density at radius 3 is 3.05 bits per heavy atom. The van der Waals surface area contributed by atoms with E-state index < -0.39 is 0 Å². The van der Waals surface area contributed by atoms with E-state index in [-0.39, 0.29) is 0 Å². The zero-order valence-corrected chi connectivity index (χ0v) is 12.2. The van der Waals surface area contributed by atoms with Crippen molar-refractivity contribution in [3.8, 4) is 0 Å². The molecule has 110 valence electrons. The van der Waals surface area contributed by atoms with E-state index in [9.17, 15) is 0 Å². The lowest BCUT2D eigenvalue weighted by Gasteiger charge is -2.45. The Morgan fingerprint density at radius 1 is 1.19 bits per heavy atom. The molecule has 0 amide bonds. The van der Waals surface area contributed by atoms with Gasteiger partial charge in [-0.3, -0.25) is 4.98 Å². The van der Waals surface area contributed by atoms with Crippen LogP contribution in [0.4, 0.5) is 11.4 Å². The number of nitrogen functional groups attached to an aromatic ring is 1. The highest BCUT2D eigenvalue weighted by Gasteiger charge is 2.35. The van der Waals surface area contributed by atoms with Crippen molar-refractivity contribution in [2.45, 2.75) is 37.8 Å². The fraction of sp³-hybridized carbons (Fsp3) is 0.471. The maximum Gasteiger partial charge on any atom is 0.0779 e. The van der Waals surface area contributed by atoms with Crippen LogP contribution in [-0.2, 0) is 4.74 Å². The molecule has 2 N–H and O–H groups in total. The zero-order chi connectivity index (χ0) is 14.2. The smallest absolute Gasteiger partial charge is 0.0779 e. The van der Waals surface area contributed by atoms with Gasteiger partial charge >= 0.3 is 0 Å². The first-order valence-electron chi connectivity index (χ1n) is 7.85. The van der Waals surface area contributed by atoms with Crippen molar-refractivity contribution < 1.29 is 4.74 Å². The quantitative estimate of drug-likeness (QED) is 0.818. The summed E-state index contributed by atoms with van der Waals surface area (Å²) in [5.41, 5.74) is 8.50. The minimum Gasteiger partial charge on any atom is -0.397 e. The van der Waals surface area contributed by atoms with Crippen molar-refractivity contribution in [1.82, 2.24) is 4.98 Å². The summed E-state index contributed by atoms with van der Waals surface area (Å²) < 4.78 is 5.97. The highest BCUT2D eigenvalue weighted by atomic mass is 16.5. The van der Waals surface area contributed by atoms with E-state index in [0.717, 1.165) is 35.3 Å². The van der Waals surface area contributed by atoms with Crippen molar-refractivity contribution in [2.75, 3.05) is 23.8 Å². The summed E-state index contributed by atoms with van der Waals surface area (Å²) in [5, 5.41) is 2.20. The lowest BCUT2D eigenvalue weighted by Crippen LogP contribution is -2.53. The van der Waals surface area contributed by atoms with Crippen LogP contribution >= 0.6 is 0 Å². The van der Waals surface area contributed by atoms with Gasteiger partial charge in [0.25, 0.3) is 0 Å². The molecule has 2 unspecified atom stereocenters. The minimum atomic E-state index is 0.375. The molecule has 2 fully saturated rings. The molecule has 1 saturated heterocycles. The third-order valence-electron chi connectivity index (χ3n) is 4.88. The normalized spacial score (nSPS) is 25.8. The van der Waals surface area contributed by atoms with Crippen LogP contribution in [0.25, 0.3) is 10.8 Å². The predicted octanol–water partition coefficient (Wildman–Crippen LogP) is 2.96. The van der Waals surface area contributed by atoms with E-state index in [1.807, 2.05) is 18.5 Å². The Hall–Kier alpha value is -1.81. The first kappa shape index (κ1) is 12.9. The van der Waals surface area contributed by atoms with Gasteiger partial charge in [0.15, 0.2) is 0 Å². The Morgan fingerprint density at radius 2 is 2.10 bits per heavy atom. The number of hydrogen-bond acceptors (Lipinski definition) is 4. The first-order valence-corrected chi connectivity index (χ1v) is 7.85. The van der Waals surface area contributed by atoms with Gasteiger partial charge in [-0.25, -0.2) is 0 Å². The average Bonchev–Trinajstić information content (AvgIpc) is 2.55. The standard InChI is InChI=1S/C17H21N3O/c18-17-13-7-8-19-11-12(13)5-6-15(17)20-9-10-21-16-4-2-1-3-14(16)20/h5-8,11,14,16H,1-4,9-10,18H2. The van der Waals surface area contributed by atoms with Crippen LogP contribution in [0.1, 0.15) is 25.7 Å². The number of morpholine rings is 1. The fourth-order valence-corrected chi connectivity index (χ4v) is 3.83. The van der Waals surface area contributed by atoms with Crippen LogP contribution in [0, 0.1) is 0 Å². The third-order valence-corrected chi connectivity index (χ3v) is 4.88. The number of nitrogens with two attached hydrogens (primary N) is 1. The second kappa shape index (κ2) is 5.19. The van der Waals surface area contributed by atoms with Gasteiger partial charge in [-0.1, -0.05) is 18.9 Å². The van der Waals surface area contributed by atoms with Crippen LogP contribution in [0.2, 0.25) is 0 Å². The first-order chi connectivity index (χ1) is 10.3. The molecule has 1 aliphatic carbocycles. The van der Waals surface area contributed by atoms with Crippen molar-refractivity contribution in [1.29, 1.82) is 0 Å². The molecule has 1 aromatic carbocycles. The van der Waals surface area contributed by atoms with Gasteiger partial charge in [-0.05, 0) is 25.0 Å². The topological polar surface area (TPSA) is 51.4 Å². The number of nitrogens with zero attached hydrogens (tertiary/aromatic N) is 2. The third kappa shape index (κ3) is 2.14. The molecule has 1 aliphatic heterocycles. The molecule has 0 spiro atoms. The lowest BCUT2D eigenvalue weighted by atomic mass is 9.89. The van der Waals surface area contributed by atoms with Gasteiger partial charge in [0.05, 0.1) is 30.1 Å². The molecule has 1 aromatic heterocycles. The van der Waals surface area contributed by atoms with Gasteiger partial charge in [0.2, 0.25) is 0 Å². The fourth-order valence-electron chi connectivity index (χ4n) is 3.83. The number of hydrogen-bond donors (Lipinski definition) is 1. The summed E-state index contributed by atoms with van der Waals surface area (Å²) in [6, 6.07) is 6.76. The van der Waals surface area contributed by atoms with Crippen molar-refractivity contribution in [3.05, 3.63) is 30.6 Å². The predicted molar refractivity (Wildman–Crippen MR) is 85.5 cm³/mol. The molecule has 2 heterocycles. The Bertz CT molecular complexity index is 656. The molecule has 0 bridgehead atoms. The van der Waals surface area contributed by atoms with Crippen molar-refractivity contribution >= 4 is 22.1 Å². The van der Waals surface area contributed by atoms with Crippen LogP contribution in [0.3, 0.4) is 0 Å². The van der Waals surface area contributed by atoms with E-state index >= 15 is 0 Å². The highest BCUT2D eigenvalue weighted by Crippen LogP contribution is 2.37. The van der Waals surface area contributed by atoms with Gasteiger partial charge in [-0.15, -0.1) is 0 Å². The van der Waals surface area contributed by atoms with E-state index in [1.54, 1.807) is 0 Å². The second-order valence-electron chi connectivity index (χ2n) is 6.05. The monoisotopic (exact) mass is 283 g/mol. The maximum atomic E-state index is 6.46. The van der Waals surface area contributed by atoms with E-state index in [0.29, 0.717) is 12.1 Å². The molecule has 2 aromatic rings. The SMILES string of the molecule is Nc1c(N2CCOC3CCCCC32)ccc2cnccc12. The average molecular weight is 283 g/mol.